The van der Waals surface area contributed by atoms with E-state index in [1.54, 1.807) is 37.1 Å². The first kappa shape index (κ1) is 46.7. The summed E-state index contributed by atoms with van der Waals surface area (Å²) in [7, 11) is 1.79. The number of nitrogens with zero attached hydrogens (tertiary/aromatic N) is 11. The number of anilines is 5. The summed E-state index contributed by atoms with van der Waals surface area (Å²) in [5, 5.41) is 31.4. The fourth-order valence-corrected chi connectivity index (χ4v) is 12.8. The van der Waals surface area contributed by atoms with E-state index in [2.05, 4.69) is 64.6 Å². The molecule has 16 heteroatoms. The lowest BCUT2D eigenvalue weighted by Gasteiger charge is -2.43. The number of halogens is 3. The first-order valence-electron chi connectivity index (χ1n) is 25.4. The monoisotopic (exact) mass is 971 g/mol. The third-order valence-corrected chi connectivity index (χ3v) is 17.1. The normalized spacial score (nSPS) is 20.6. The number of hydrogen-bond acceptors (Lipinski definition) is 10. The number of fused-ring (bicyclic) bond motifs is 2. The van der Waals surface area contributed by atoms with Gasteiger partial charge in [-0.05, 0) is 129 Å². The van der Waals surface area contributed by atoms with Crippen LogP contribution in [0.15, 0.2) is 67.0 Å². The van der Waals surface area contributed by atoms with Gasteiger partial charge in [-0.1, -0.05) is 11.6 Å². The van der Waals surface area contributed by atoms with Crippen molar-refractivity contribution >= 4 is 46.1 Å². The zero-order chi connectivity index (χ0) is 48.3. The molecule has 4 fully saturated rings. The Kier molecular flexibility index (Phi) is 12.5. The van der Waals surface area contributed by atoms with Crippen LogP contribution in [0.5, 0.6) is 0 Å². The van der Waals surface area contributed by atoms with Gasteiger partial charge < -0.3 is 34.5 Å². The predicted molar refractivity (Wildman–Crippen MR) is 270 cm³/mol. The molecule has 70 heavy (non-hydrogen) atoms. The zero-order valence-electron chi connectivity index (χ0n) is 40.5. The number of likely N-dealkylation sites (tertiary alicyclic amines) is 1. The van der Waals surface area contributed by atoms with Gasteiger partial charge >= 0.3 is 0 Å². The number of benzene rings is 3. The van der Waals surface area contributed by atoms with Crippen LogP contribution < -0.4 is 19.6 Å². The maximum Gasteiger partial charge on any atom is 0.264 e. The van der Waals surface area contributed by atoms with Crippen LogP contribution in [-0.2, 0) is 31.2 Å². The third kappa shape index (κ3) is 9.00. The number of nitriles is 1. The summed E-state index contributed by atoms with van der Waals surface area (Å²) in [5.41, 5.74) is 8.79. The molecule has 0 saturated carbocycles. The fraction of sp³-hybridized carbons (Fsp3) is 0.519. The van der Waals surface area contributed by atoms with Crippen LogP contribution in [0.25, 0.3) is 11.1 Å². The van der Waals surface area contributed by atoms with Crippen molar-refractivity contribution in [3.8, 4) is 17.2 Å². The van der Waals surface area contributed by atoms with Gasteiger partial charge in [-0.25, -0.2) is 8.78 Å². The van der Waals surface area contributed by atoms with Crippen LogP contribution in [-0.4, -0.2) is 118 Å². The van der Waals surface area contributed by atoms with E-state index in [1.165, 1.54) is 17.8 Å². The molecule has 0 unspecified atom stereocenters. The summed E-state index contributed by atoms with van der Waals surface area (Å²) < 4.78 is 33.4. The number of rotatable bonds is 9. The van der Waals surface area contributed by atoms with Crippen molar-refractivity contribution in [1.29, 1.82) is 5.26 Å². The molecular formula is C54H64ClF2N11O2. The average molecular weight is 973 g/mol. The van der Waals surface area contributed by atoms with Gasteiger partial charge in [0, 0.05) is 144 Å². The lowest BCUT2D eigenvalue weighted by atomic mass is 9.77. The Balaban J connectivity index is 0.703. The Morgan fingerprint density at radius 2 is 1.54 bits per heavy atom. The van der Waals surface area contributed by atoms with Gasteiger partial charge in [-0.15, -0.1) is 0 Å². The smallest absolute Gasteiger partial charge is 0.264 e. The summed E-state index contributed by atoms with van der Waals surface area (Å²) in [6.07, 6.45) is 9.80. The van der Waals surface area contributed by atoms with Gasteiger partial charge in [0.2, 0.25) is 5.91 Å². The van der Waals surface area contributed by atoms with Crippen molar-refractivity contribution in [3.63, 3.8) is 0 Å². The van der Waals surface area contributed by atoms with E-state index < -0.39 is 12.0 Å². The summed E-state index contributed by atoms with van der Waals surface area (Å²) in [4.78, 5) is 26.5. The number of amides is 1. The lowest BCUT2D eigenvalue weighted by molar-refractivity contribution is -0.129. The molecule has 0 atom stereocenters. The zero-order valence-corrected chi connectivity index (χ0v) is 41.2. The lowest BCUT2D eigenvalue weighted by Crippen LogP contribution is -2.52. The molecule has 8 heterocycles. The topological polar surface area (TPSA) is 116 Å². The van der Waals surface area contributed by atoms with Crippen LogP contribution in [0.4, 0.5) is 37.3 Å². The van der Waals surface area contributed by atoms with Gasteiger partial charge in [-0.3, -0.25) is 14.2 Å². The second kappa shape index (κ2) is 18.8. The molecule has 6 aliphatic rings. The standard InChI is InChI=1S/C54H64ClF2N11O2/c1-37(69)65-22-13-49-47(34-65)52(67-19-3-4-38-28-45(40-32-59-61(2)33-40)46(51(56)57)30-50(38)67)60-68(49)43-11-20-62(21-12-43)36-54(70)17-26-64(27-18-54)42-9-7-41(8-10-42)63-23-14-53(15-24-63)16-25-66(35-53)44-6-5-39(31-58)48(55)29-44/h5-10,28-30,32-33,43,51,70H,3-4,11-27,34-36H2,1-2H3. The van der Waals surface area contributed by atoms with Crippen molar-refractivity contribution in [2.45, 2.75) is 95.7 Å². The summed E-state index contributed by atoms with van der Waals surface area (Å²) in [5.74, 6) is 0.798. The van der Waals surface area contributed by atoms with E-state index in [-0.39, 0.29) is 17.5 Å². The molecule has 0 aliphatic carbocycles. The maximum absolute atomic E-state index is 14.8. The SMILES string of the molecule is CC(=O)N1CCc2c(c(N3CCCc4cc(-c5cnn(C)c5)c(C(F)F)cc43)nn2C2CCN(CC3(O)CCN(c4ccc(N5CCC6(CC5)CCN(c5ccc(C#N)c(Cl)c5)C6)cc4)CC3)CC2)C1. The minimum Gasteiger partial charge on any atom is -0.388 e. The molecule has 2 aromatic heterocycles. The predicted octanol–water partition coefficient (Wildman–Crippen LogP) is 8.90. The molecule has 0 radical (unpaired) electrons. The number of aliphatic hydroxyl groups is 1. The highest BCUT2D eigenvalue weighted by molar-refractivity contribution is 6.32. The van der Waals surface area contributed by atoms with Crippen LogP contribution in [0.3, 0.4) is 0 Å². The number of aryl methyl sites for hydroxylation is 2. The molecule has 4 saturated heterocycles. The van der Waals surface area contributed by atoms with Crippen LogP contribution in [0.1, 0.15) is 98.7 Å². The van der Waals surface area contributed by atoms with Gasteiger partial charge in [0.25, 0.3) is 6.43 Å². The first-order chi connectivity index (χ1) is 33.8. The Morgan fingerprint density at radius 1 is 0.871 bits per heavy atom. The molecular weight excluding hydrogens is 908 g/mol. The van der Waals surface area contributed by atoms with Gasteiger partial charge in [0.05, 0.1) is 35.0 Å². The minimum atomic E-state index is -2.66. The number of hydrogen-bond donors (Lipinski definition) is 1. The molecule has 1 N–H and O–H groups in total. The van der Waals surface area contributed by atoms with Crippen molar-refractivity contribution in [3.05, 3.63) is 100.0 Å². The van der Waals surface area contributed by atoms with Gasteiger partial charge in [-0.2, -0.15) is 15.5 Å². The van der Waals surface area contributed by atoms with Gasteiger partial charge in [0.15, 0.2) is 5.82 Å². The Morgan fingerprint density at radius 3 is 2.17 bits per heavy atom. The van der Waals surface area contributed by atoms with Crippen molar-refractivity contribution in [1.82, 2.24) is 29.4 Å². The summed E-state index contributed by atoms with van der Waals surface area (Å²) >= 11 is 6.38. The van der Waals surface area contributed by atoms with E-state index >= 15 is 0 Å². The Labute approximate surface area is 414 Å². The molecule has 13 nitrogen and oxygen atoms in total. The summed E-state index contributed by atoms with van der Waals surface area (Å²) in [6.45, 7) is 11.4. The van der Waals surface area contributed by atoms with Crippen molar-refractivity contribution < 1.29 is 18.7 Å². The highest BCUT2D eigenvalue weighted by Gasteiger charge is 2.42. The fourth-order valence-electron chi connectivity index (χ4n) is 12.6. The number of carbonyl (C=O) groups is 1. The summed E-state index contributed by atoms with van der Waals surface area (Å²) in [6, 6.07) is 20.7. The largest absolute Gasteiger partial charge is 0.388 e. The molecule has 6 aliphatic heterocycles. The minimum absolute atomic E-state index is 0.0140. The second-order valence-electron chi connectivity index (χ2n) is 21.1. The number of piperidine rings is 3. The molecule has 368 valence electrons. The first-order valence-corrected chi connectivity index (χ1v) is 25.8. The number of aromatic nitrogens is 4. The molecule has 1 spiro atoms. The highest BCUT2D eigenvalue weighted by atomic mass is 35.5. The highest BCUT2D eigenvalue weighted by Crippen LogP contribution is 2.46. The number of carbonyl (C=O) groups excluding carboxylic acids is 1. The molecule has 3 aromatic carbocycles. The molecule has 11 rings (SSSR count). The quantitative estimate of drug-likeness (QED) is 0.154. The maximum atomic E-state index is 14.8. The van der Waals surface area contributed by atoms with E-state index in [0.29, 0.717) is 72.6 Å². The van der Waals surface area contributed by atoms with Crippen molar-refractivity contribution in [2.75, 3.05) is 91.6 Å². The Bertz CT molecular complexity index is 2780. The third-order valence-electron chi connectivity index (χ3n) is 16.8. The Hall–Kier alpha value is -5.69. The van der Waals surface area contributed by atoms with E-state index in [4.69, 9.17) is 16.7 Å². The van der Waals surface area contributed by atoms with E-state index in [9.17, 15) is 23.9 Å². The van der Waals surface area contributed by atoms with Crippen LogP contribution >= 0.6 is 11.6 Å². The molecule has 5 aromatic rings. The van der Waals surface area contributed by atoms with Gasteiger partial charge in [0.1, 0.15) is 6.07 Å². The van der Waals surface area contributed by atoms with Crippen LogP contribution in [0, 0.1) is 16.7 Å². The van der Waals surface area contributed by atoms with Crippen molar-refractivity contribution in [2.24, 2.45) is 12.5 Å². The average Bonchev–Trinajstić information content (AvgIpc) is 4.11. The van der Waals surface area contributed by atoms with E-state index in [1.807, 2.05) is 29.2 Å². The number of β-amino-alcohol motifs (C(OH)–C–C–N with tert-alkyl or cyclic N) is 1. The molecule has 1 amide bonds. The van der Waals surface area contributed by atoms with Crippen LogP contribution in [0.2, 0.25) is 5.02 Å². The number of alkyl halides is 2. The molecule has 0 bridgehead atoms. The van der Waals surface area contributed by atoms with E-state index in [0.717, 1.165) is 125 Å². The second-order valence-corrected chi connectivity index (χ2v) is 21.5.